The van der Waals surface area contributed by atoms with Gasteiger partial charge in [-0.05, 0) is 37.4 Å². The van der Waals surface area contributed by atoms with Gasteiger partial charge in [0.25, 0.3) is 0 Å². The molecule has 0 amide bonds. The van der Waals surface area contributed by atoms with Crippen LogP contribution >= 0.6 is 0 Å². The molecule has 2 rings (SSSR count). The first-order chi connectivity index (χ1) is 9.63. The molecule has 0 aromatic heterocycles. The molecule has 3 nitrogen and oxygen atoms in total. The van der Waals surface area contributed by atoms with Crippen molar-refractivity contribution in [2.45, 2.75) is 45.2 Å². The summed E-state index contributed by atoms with van der Waals surface area (Å²) < 4.78 is 4.87. The van der Waals surface area contributed by atoms with Gasteiger partial charge in [-0.25, -0.2) is 4.79 Å². The average molecular weight is 275 g/mol. The third-order valence-electron chi connectivity index (χ3n) is 4.47. The van der Waals surface area contributed by atoms with E-state index in [0.29, 0.717) is 11.6 Å². The quantitative estimate of drug-likeness (QED) is 0.788. The van der Waals surface area contributed by atoms with Gasteiger partial charge < -0.3 is 4.74 Å². The molecule has 3 heteroatoms. The maximum absolute atomic E-state index is 11.8. The lowest BCUT2D eigenvalue weighted by Crippen LogP contribution is -2.38. The van der Waals surface area contributed by atoms with Crippen molar-refractivity contribution in [3.8, 4) is 0 Å². The molecule has 1 saturated carbocycles. The number of carbonyl (C=O) groups is 1. The summed E-state index contributed by atoms with van der Waals surface area (Å²) in [5, 5.41) is 0. The first kappa shape index (κ1) is 15.0. The van der Waals surface area contributed by atoms with Crippen molar-refractivity contribution in [1.29, 1.82) is 0 Å². The predicted molar refractivity (Wildman–Crippen MR) is 80.7 cm³/mol. The number of methoxy groups -OCH3 is 1. The van der Waals surface area contributed by atoms with Crippen molar-refractivity contribution in [2.24, 2.45) is 5.92 Å². The topological polar surface area (TPSA) is 29.5 Å². The summed E-state index contributed by atoms with van der Waals surface area (Å²) in [6.07, 6.45) is 5.24. The van der Waals surface area contributed by atoms with Gasteiger partial charge in [0.05, 0.1) is 12.7 Å². The van der Waals surface area contributed by atoms with Gasteiger partial charge in [-0.2, -0.15) is 0 Å². The average Bonchev–Trinajstić information content (AvgIpc) is 2.47. The van der Waals surface area contributed by atoms with E-state index in [4.69, 9.17) is 4.74 Å². The van der Waals surface area contributed by atoms with Gasteiger partial charge in [0.2, 0.25) is 0 Å². The van der Waals surface area contributed by atoms with E-state index in [1.165, 1.54) is 32.8 Å². The van der Waals surface area contributed by atoms with Gasteiger partial charge >= 0.3 is 5.97 Å². The molecule has 0 saturated heterocycles. The van der Waals surface area contributed by atoms with Crippen LogP contribution in [0.1, 0.15) is 48.5 Å². The molecule has 0 N–H and O–H groups in total. The second-order valence-electron chi connectivity index (χ2n) is 5.89. The van der Waals surface area contributed by atoms with Gasteiger partial charge in [0, 0.05) is 12.6 Å². The molecule has 0 aliphatic heterocycles. The maximum Gasteiger partial charge on any atom is 0.338 e. The molecule has 1 aromatic carbocycles. The van der Waals surface area contributed by atoms with Gasteiger partial charge in [-0.1, -0.05) is 38.0 Å². The van der Waals surface area contributed by atoms with Crippen LogP contribution in [0.15, 0.2) is 24.3 Å². The third-order valence-corrected chi connectivity index (χ3v) is 4.47. The van der Waals surface area contributed by atoms with E-state index in [0.717, 1.165) is 18.0 Å². The minimum atomic E-state index is -0.245. The van der Waals surface area contributed by atoms with E-state index in [1.54, 1.807) is 0 Å². The Morgan fingerprint density at radius 1 is 1.30 bits per heavy atom. The van der Waals surface area contributed by atoms with Crippen molar-refractivity contribution in [1.82, 2.24) is 4.90 Å². The Labute approximate surface area is 121 Å². The van der Waals surface area contributed by atoms with E-state index in [1.807, 2.05) is 24.3 Å². The number of esters is 1. The minimum absolute atomic E-state index is 0.245. The summed E-state index contributed by atoms with van der Waals surface area (Å²) >= 11 is 0. The number of hydrogen-bond acceptors (Lipinski definition) is 3. The molecule has 2 unspecified atom stereocenters. The smallest absolute Gasteiger partial charge is 0.338 e. The van der Waals surface area contributed by atoms with Crippen LogP contribution in [0.3, 0.4) is 0 Å². The van der Waals surface area contributed by atoms with Gasteiger partial charge in [0.15, 0.2) is 0 Å². The number of ether oxygens (including phenoxy) is 1. The van der Waals surface area contributed by atoms with Crippen molar-refractivity contribution in [3.63, 3.8) is 0 Å². The maximum atomic E-state index is 11.8. The zero-order chi connectivity index (χ0) is 14.5. The van der Waals surface area contributed by atoms with Crippen molar-refractivity contribution in [2.75, 3.05) is 14.2 Å². The van der Waals surface area contributed by atoms with E-state index in [9.17, 15) is 4.79 Å². The number of nitrogens with zero attached hydrogens (tertiary/aromatic N) is 1. The SMILES string of the molecule is COC(=O)c1ccccc1CN(C)C1CCCCC1C. The lowest BCUT2D eigenvalue weighted by molar-refractivity contribution is 0.0597. The van der Waals surface area contributed by atoms with Gasteiger partial charge in [0.1, 0.15) is 0 Å². The fraction of sp³-hybridized carbons (Fsp3) is 0.588. The highest BCUT2D eigenvalue weighted by atomic mass is 16.5. The zero-order valence-corrected chi connectivity index (χ0v) is 12.8. The molecular weight excluding hydrogens is 250 g/mol. The van der Waals surface area contributed by atoms with Crippen LogP contribution in [0, 0.1) is 5.92 Å². The normalized spacial score (nSPS) is 22.8. The standard InChI is InChI=1S/C17H25NO2/c1-13-8-4-7-11-16(13)18(2)12-14-9-5-6-10-15(14)17(19)20-3/h5-6,9-10,13,16H,4,7-8,11-12H2,1-3H3. The Bertz CT molecular complexity index is 458. The lowest BCUT2D eigenvalue weighted by atomic mass is 9.85. The first-order valence-corrected chi connectivity index (χ1v) is 7.50. The molecule has 0 bridgehead atoms. The Kier molecular flexibility index (Phi) is 5.18. The predicted octanol–water partition coefficient (Wildman–Crippen LogP) is 3.48. The van der Waals surface area contributed by atoms with E-state index in [2.05, 4.69) is 18.9 Å². The van der Waals surface area contributed by atoms with Crippen molar-refractivity contribution >= 4 is 5.97 Å². The van der Waals surface area contributed by atoms with Gasteiger partial charge in [-0.3, -0.25) is 4.90 Å². The van der Waals surface area contributed by atoms with Crippen molar-refractivity contribution in [3.05, 3.63) is 35.4 Å². The Morgan fingerprint density at radius 2 is 2.00 bits per heavy atom. The fourth-order valence-electron chi connectivity index (χ4n) is 3.30. The molecule has 2 atom stereocenters. The Balaban J connectivity index is 2.11. The Morgan fingerprint density at radius 3 is 2.70 bits per heavy atom. The first-order valence-electron chi connectivity index (χ1n) is 7.50. The second-order valence-corrected chi connectivity index (χ2v) is 5.89. The van der Waals surface area contributed by atoms with Crippen LogP contribution in [0.25, 0.3) is 0 Å². The lowest BCUT2D eigenvalue weighted by Gasteiger charge is -2.36. The van der Waals surface area contributed by atoms with Crippen LogP contribution < -0.4 is 0 Å². The highest BCUT2D eigenvalue weighted by Crippen LogP contribution is 2.28. The molecule has 110 valence electrons. The molecule has 0 spiro atoms. The summed E-state index contributed by atoms with van der Waals surface area (Å²) in [6.45, 7) is 3.15. The molecule has 0 radical (unpaired) electrons. The molecule has 1 aliphatic rings. The van der Waals surface area contributed by atoms with E-state index < -0.39 is 0 Å². The van der Waals surface area contributed by atoms with E-state index >= 15 is 0 Å². The van der Waals surface area contributed by atoms with Crippen LogP contribution in [-0.4, -0.2) is 31.1 Å². The Hall–Kier alpha value is -1.35. The number of rotatable bonds is 4. The molecule has 1 aliphatic carbocycles. The summed E-state index contributed by atoms with van der Waals surface area (Å²) in [5.41, 5.74) is 1.74. The van der Waals surface area contributed by atoms with Crippen LogP contribution in [0.4, 0.5) is 0 Å². The largest absolute Gasteiger partial charge is 0.465 e. The summed E-state index contributed by atoms with van der Waals surface area (Å²) in [6, 6.07) is 8.36. The molecular formula is C17H25NO2. The zero-order valence-electron chi connectivity index (χ0n) is 12.8. The van der Waals surface area contributed by atoms with Crippen molar-refractivity contribution < 1.29 is 9.53 Å². The molecule has 20 heavy (non-hydrogen) atoms. The van der Waals surface area contributed by atoms with Crippen LogP contribution in [0.2, 0.25) is 0 Å². The number of hydrogen-bond donors (Lipinski definition) is 0. The highest BCUT2D eigenvalue weighted by molar-refractivity contribution is 5.90. The molecule has 1 fully saturated rings. The van der Waals surface area contributed by atoms with E-state index in [-0.39, 0.29) is 5.97 Å². The summed E-state index contributed by atoms with van der Waals surface area (Å²) in [5.74, 6) is 0.490. The summed E-state index contributed by atoms with van der Waals surface area (Å²) in [7, 11) is 3.60. The summed E-state index contributed by atoms with van der Waals surface area (Å²) in [4.78, 5) is 14.2. The molecule has 0 heterocycles. The van der Waals surface area contributed by atoms with Gasteiger partial charge in [-0.15, -0.1) is 0 Å². The minimum Gasteiger partial charge on any atom is -0.465 e. The molecule has 1 aromatic rings. The van der Waals surface area contributed by atoms with Crippen LogP contribution in [0.5, 0.6) is 0 Å². The van der Waals surface area contributed by atoms with Crippen LogP contribution in [-0.2, 0) is 11.3 Å². The highest BCUT2D eigenvalue weighted by Gasteiger charge is 2.25. The number of benzene rings is 1. The monoisotopic (exact) mass is 275 g/mol. The third kappa shape index (κ3) is 3.40. The number of carbonyl (C=O) groups excluding carboxylic acids is 1. The second kappa shape index (κ2) is 6.89. The fourth-order valence-corrected chi connectivity index (χ4v) is 3.30.